The minimum Gasteiger partial charge on any atom is -0.760 e. The number of rotatable bonds is 3. The molecule has 1 unspecified atom stereocenters. The van der Waals surface area contributed by atoms with E-state index < -0.39 is 11.3 Å². The number of hydrogen-bond donors (Lipinski definition) is 1. The van der Waals surface area contributed by atoms with E-state index in [1.54, 1.807) is 11.2 Å². The van der Waals surface area contributed by atoms with Gasteiger partial charge < -0.3 is 14.4 Å². The maximum absolute atomic E-state index is 11.8. The van der Waals surface area contributed by atoms with E-state index in [0.29, 0.717) is 31.2 Å². The Labute approximate surface area is 187 Å². The summed E-state index contributed by atoms with van der Waals surface area (Å²) in [4.78, 5) is 24.7. The molecule has 1 atom stereocenters. The van der Waals surface area contributed by atoms with Gasteiger partial charge in [-0.25, -0.2) is 9.97 Å². The van der Waals surface area contributed by atoms with E-state index in [4.69, 9.17) is 20.4 Å². The largest absolute Gasteiger partial charge is 0.760 e. The second kappa shape index (κ2) is 10.5. The lowest BCUT2D eigenvalue weighted by atomic mass is 10.0. The summed E-state index contributed by atoms with van der Waals surface area (Å²) in [7, 11) is 0. The summed E-state index contributed by atoms with van der Waals surface area (Å²) in [6.07, 6.45) is 2.95. The van der Waals surface area contributed by atoms with E-state index in [9.17, 15) is 4.79 Å². The van der Waals surface area contributed by atoms with Crippen LogP contribution in [0.4, 0.5) is 5.82 Å². The zero-order valence-electron chi connectivity index (χ0n) is 16.6. The number of carbonyl (C=O) groups excluding carboxylic acids is 1. The molecule has 1 saturated heterocycles. The SMILES string of the molecule is C=CC(=O)N1CCN(c2ncnc3cc(-c4ccccc4)c(Cl)cc23)CC1.NS(=O)[O-]. The van der Waals surface area contributed by atoms with E-state index in [2.05, 4.69) is 26.6 Å². The fourth-order valence-corrected chi connectivity index (χ4v) is 3.69. The average Bonchev–Trinajstić information content (AvgIpc) is 2.78. The van der Waals surface area contributed by atoms with Gasteiger partial charge in [-0.05, 0) is 23.8 Å². The molecule has 1 amide bonds. The van der Waals surface area contributed by atoms with Crippen LogP contribution in [0.25, 0.3) is 22.0 Å². The molecule has 0 radical (unpaired) electrons. The van der Waals surface area contributed by atoms with E-state index in [1.165, 1.54) is 6.08 Å². The highest BCUT2D eigenvalue weighted by atomic mass is 35.5. The van der Waals surface area contributed by atoms with E-state index in [0.717, 1.165) is 27.8 Å². The molecule has 162 valence electrons. The van der Waals surface area contributed by atoms with Crippen molar-refractivity contribution in [1.29, 1.82) is 0 Å². The monoisotopic (exact) mass is 458 g/mol. The Morgan fingerprint density at radius 3 is 2.42 bits per heavy atom. The number of piperazine rings is 1. The molecule has 2 heterocycles. The van der Waals surface area contributed by atoms with Crippen molar-refractivity contribution in [3.63, 3.8) is 0 Å². The molecular weight excluding hydrogens is 438 g/mol. The van der Waals surface area contributed by atoms with Gasteiger partial charge in [0, 0.05) is 53.4 Å². The Kier molecular flexibility index (Phi) is 7.69. The quantitative estimate of drug-likeness (QED) is 0.476. The number of benzene rings is 2. The normalized spacial score (nSPS) is 14.5. The van der Waals surface area contributed by atoms with Crippen LogP contribution in [0, 0.1) is 0 Å². The first-order chi connectivity index (χ1) is 14.9. The second-order valence-electron chi connectivity index (χ2n) is 6.69. The summed E-state index contributed by atoms with van der Waals surface area (Å²) < 4.78 is 17.6. The smallest absolute Gasteiger partial charge is 0.246 e. The first kappa shape index (κ1) is 22.8. The number of anilines is 1. The van der Waals surface area contributed by atoms with Crippen LogP contribution in [-0.4, -0.2) is 55.7 Å². The number of carbonyl (C=O) groups is 1. The minimum atomic E-state index is -2.36. The van der Waals surface area contributed by atoms with Crippen LogP contribution >= 0.6 is 11.6 Å². The molecule has 2 aromatic carbocycles. The first-order valence-electron chi connectivity index (χ1n) is 9.40. The molecule has 0 aliphatic carbocycles. The fraction of sp³-hybridized carbons (Fsp3) is 0.190. The van der Waals surface area contributed by atoms with Gasteiger partial charge in [-0.15, -0.1) is 0 Å². The fourth-order valence-electron chi connectivity index (χ4n) is 3.42. The molecule has 4 rings (SSSR count). The zero-order chi connectivity index (χ0) is 22.4. The highest BCUT2D eigenvalue weighted by molar-refractivity contribution is 7.76. The summed E-state index contributed by atoms with van der Waals surface area (Å²) in [5, 5.41) is 5.62. The number of aromatic nitrogens is 2. The number of fused-ring (bicyclic) bond motifs is 1. The van der Waals surface area contributed by atoms with Crippen molar-refractivity contribution in [3.05, 3.63) is 66.5 Å². The molecule has 0 saturated carbocycles. The first-order valence-corrected chi connectivity index (χ1v) is 10.9. The number of nitrogens with zero attached hydrogens (tertiary/aromatic N) is 4. The van der Waals surface area contributed by atoms with Gasteiger partial charge in [-0.2, -0.15) is 0 Å². The predicted molar refractivity (Wildman–Crippen MR) is 122 cm³/mol. The summed E-state index contributed by atoms with van der Waals surface area (Å²) in [6, 6.07) is 14.0. The summed E-state index contributed by atoms with van der Waals surface area (Å²) in [5.74, 6) is 0.824. The van der Waals surface area contributed by atoms with E-state index >= 15 is 0 Å². The van der Waals surface area contributed by atoms with Crippen molar-refractivity contribution in [1.82, 2.24) is 14.9 Å². The van der Waals surface area contributed by atoms with E-state index in [-0.39, 0.29) is 5.91 Å². The van der Waals surface area contributed by atoms with Gasteiger partial charge in [-0.3, -0.25) is 14.1 Å². The maximum Gasteiger partial charge on any atom is 0.246 e. The lowest BCUT2D eigenvalue weighted by Gasteiger charge is -2.35. The third-order valence-corrected chi connectivity index (χ3v) is 5.17. The number of hydrogen-bond acceptors (Lipinski definition) is 6. The zero-order valence-corrected chi connectivity index (χ0v) is 18.2. The van der Waals surface area contributed by atoms with Gasteiger partial charge >= 0.3 is 0 Å². The molecule has 0 spiro atoms. The molecule has 1 aromatic heterocycles. The molecule has 2 N–H and O–H groups in total. The van der Waals surface area contributed by atoms with Crippen molar-refractivity contribution in [2.24, 2.45) is 5.14 Å². The van der Waals surface area contributed by atoms with Gasteiger partial charge in [0.1, 0.15) is 12.1 Å². The summed E-state index contributed by atoms with van der Waals surface area (Å²) >= 11 is 4.23. The minimum absolute atomic E-state index is 0.0299. The lowest BCUT2D eigenvalue weighted by Crippen LogP contribution is -2.48. The molecular formula is C21H21ClN5O3S-. The van der Waals surface area contributed by atoms with Gasteiger partial charge in [0.25, 0.3) is 0 Å². The molecule has 1 fully saturated rings. The third-order valence-electron chi connectivity index (χ3n) is 4.85. The molecule has 0 bridgehead atoms. The topological polar surface area (TPSA) is 115 Å². The van der Waals surface area contributed by atoms with Crippen LogP contribution in [0.2, 0.25) is 5.02 Å². The molecule has 10 heteroatoms. The van der Waals surface area contributed by atoms with Crippen molar-refractivity contribution in [3.8, 4) is 11.1 Å². The van der Waals surface area contributed by atoms with Gasteiger partial charge in [0.05, 0.1) is 5.52 Å². The van der Waals surface area contributed by atoms with Crippen molar-refractivity contribution in [2.45, 2.75) is 0 Å². The maximum atomic E-state index is 11.8. The Bertz CT molecular complexity index is 1100. The van der Waals surface area contributed by atoms with Crippen LogP contribution < -0.4 is 10.0 Å². The Morgan fingerprint density at radius 2 is 1.81 bits per heavy atom. The summed E-state index contributed by atoms with van der Waals surface area (Å²) in [6.45, 7) is 6.27. The van der Waals surface area contributed by atoms with E-state index in [1.807, 2.05) is 42.5 Å². The number of amides is 1. The van der Waals surface area contributed by atoms with Crippen molar-refractivity contribution >= 4 is 45.5 Å². The molecule has 1 aliphatic rings. The molecule has 8 nitrogen and oxygen atoms in total. The van der Waals surface area contributed by atoms with Gasteiger partial charge in [0.15, 0.2) is 0 Å². The van der Waals surface area contributed by atoms with Crippen molar-refractivity contribution in [2.75, 3.05) is 31.1 Å². The average molecular weight is 459 g/mol. The van der Waals surface area contributed by atoms with Crippen LogP contribution in [0.3, 0.4) is 0 Å². The van der Waals surface area contributed by atoms with Crippen LogP contribution in [0.5, 0.6) is 0 Å². The third kappa shape index (κ3) is 5.65. The van der Waals surface area contributed by atoms with Gasteiger partial charge in [-0.1, -0.05) is 48.5 Å². The van der Waals surface area contributed by atoms with Crippen molar-refractivity contribution < 1.29 is 13.6 Å². The molecule has 1 aliphatic heterocycles. The standard InChI is InChI=1S/C21H19ClN4O.H3NO2S/c1-2-20(27)25-8-10-26(11-9-25)21-17-12-18(22)16(13-19(17)23-14-24-21)15-6-4-3-5-7-15;1-4(2)3/h2-7,12-14H,1,8-11H2;1H2,(H,2,3)/p-1. The highest BCUT2D eigenvalue weighted by Crippen LogP contribution is 2.34. The van der Waals surface area contributed by atoms with Gasteiger partial charge in [0.2, 0.25) is 5.91 Å². The second-order valence-corrected chi connectivity index (χ2v) is 7.62. The lowest BCUT2D eigenvalue weighted by molar-refractivity contribution is -0.126. The Morgan fingerprint density at radius 1 is 1.16 bits per heavy atom. The predicted octanol–water partition coefficient (Wildman–Crippen LogP) is 2.52. The van der Waals surface area contributed by atoms with Crippen LogP contribution in [0.1, 0.15) is 0 Å². The summed E-state index contributed by atoms with van der Waals surface area (Å²) in [5.41, 5.74) is 2.87. The molecule has 3 aromatic rings. The highest BCUT2D eigenvalue weighted by Gasteiger charge is 2.22. The van der Waals surface area contributed by atoms with Crippen LogP contribution in [-0.2, 0) is 16.1 Å². The van der Waals surface area contributed by atoms with Crippen LogP contribution in [0.15, 0.2) is 61.4 Å². The Hall–Kier alpha value is -2.85. The Balaban J connectivity index is 0.000000628. The number of nitrogens with two attached hydrogens (primary N) is 1. The number of halogens is 1. The molecule has 31 heavy (non-hydrogen) atoms.